The van der Waals surface area contributed by atoms with Gasteiger partial charge in [-0.1, -0.05) is 13.8 Å². The van der Waals surface area contributed by atoms with Gasteiger partial charge in [-0.25, -0.2) is 31.5 Å². The highest BCUT2D eigenvalue weighted by Crippen LogP contribution is 2.20. The van der Waals surface area contributed by atoms with Gasteiger partial charge in [0.05, 0.1) is 0 Å². The Labute approximate surface area is 221 Å². The molecule has 3 unspecified atom stereocenters. The van der Waals surface area contributed by atoms with Gasteiger partial charge >= 0.3 is 0 Å². The van der Waals surface area contributed by atoms with Crippen LogP contribution in [0.25, 0.3) is 0 Å². The molecular weight excluding hydrogens is 530 g/mol. The molecule has 0 bridgehead atoms. The standard InChI is InChI=1S/C15H25FN4O2S.C7H6F3N.C2H2O2/c1-4-6-17-20-7-5-12(11(2)8-20)18-23(22)14-9-19(3)13(10-21)15(14)16;1-11-4-2-5(8)7(10)6(9)3-4;3-1-2-4/h9-12,17-18H,4-8H2,1-3H3;2-3,11H,1H3;1-2H. The largest absolute Gasteiger partial charge is 0.388 e. The molecule has 0 saturated carbocycles. The van der Waals surface area contributed by atoms with Gasteiger partial charge in [-0.15, -0.1) is 0 Å². The number of carbonyl (C=O) groups is 3. The van der Waals surface area contributed by atoms with Crippen molar-refractivity contribution < 1.29 is 36.2 Å². The Morgan fingerprint density at radius 2 is 1.68 bits per heavy atom. The zero-order chi connectivity index (χ0) is 28.8. The third-order valence-electron chi connectivity index (χ3n) is 5.52. The lowest BCUT2D eigenvalue weighted by Gasteiger charge is -2.37. The molecule has 0 spiro atoms. The molecule has 2 aromatic rings. The first kappa shape index (κ1) is 33.1. The van der Waals surface area contributed by atoms with E-state index in [1.54, 1.807) is 7.05 Å². The molecule has 3 N–H and O–H groups in total. The molecular formula is C24H33F4N5O4S. The quantitative estimate of drug-likeness (QED) is 0.186. The van der Waals surface area contributed by atoms with Crippen LogP contribution in [0.4, 0.5) is 23.2 Å². The minimum atomic E-state index is -1.66. The summed E-state index contributed by atoms with van der Waals surface area (Å²) in [4.78, 5) is 28.5. The van der Waals surface area contributed by atoms with Crippen LogP contribution in [-0.2, 0) is 27.6 Å². The van der Waals surface area contributed by atoms with Crippen LogP contribution in [0.2, 0.25) is 0 Å². The van der Waals surface area contributed by atoms with E-state index in [9.17, 15) is 26.6 Å². The number of rotatable bonds is 9. The van der Waals surface area contributed by atoms with Gasteiger partial charge in [-0.05, 0) is 18.8 Å². The van der Waals surface area contributed by atoms with Crippen molar-refractivity contribution in [2.75, 3.05) is 32.0 Å². The molecule has 38 heavy (non-hydrogen) atoms. The van der Waals surface area contributed by atoms with E-state index in [0.717, 1.165) is 44.6 Å². The van der Waals surface area contributed by atoms with Gasteiger partial charge in [0.2, 0.25) is 0 Å². The molecule has 1 saturated heterocycles. The van der Waals surface area contributed by atoms with E-state index in [0.29, 0.717) is 6.29 Å². The molecule has 14 heteroatoms. The Hall–Kier alpha value is -2.94. The predicted molar refractivity (Wildman–Crippen MR) is 136 cm³/mol. The first-order valence-electron chi connectivity index (χ1n) is 11.7. The van der Waals surface area contributed by atoms with Crippen LogP contribution >= 0.6 is 0 Å². The lowest BCUT2D eigenvalue weighted by molar-refractivity contribution is -0.122. The Balaban J connectivity index is 0.000000398. The normalized spacial score (nSPS) is 17.8. The summed E-state index contributed by atoms with van der Waals surface area (Å²) in [7, 11) is 1.39. The summed E-state index contributed by atoms with van der Waals surface area (Å²) >= 11 is 0. The van der Waals surface area contributed by atoms with Gasteiger partial charge in [0.1, 0.15) is 21.6 Å². The van der Waals surface area contributed by atoms with Gasteiger partial charge in [-0.3, -0.25) is 19.8 Å². The second-order valence-electron chi connectivity index (χ2n) is 8.31. The SMILES string of the molecule is CCCNN1CCC(NS(=O)c2cn(C)c(C=O)c2F)C(C)C1.CNc1cc(F)c(F)c(F)c1.O=CC=O. The third kappa shape index (κ3) is 9.74. The number of aryl methyl sites for hydroxylation is 1. The number of hydrazine groups is 1. The van der Waals surface area contributed by atoms with E-state index in [2.05, 4.69) is 34.3 Å². The monoisotopic (exact) mass is 563 g/mol. The van der Waals surface area contributed by atoms with Crippen molar-refractivity contribution >= 4 is 35.5 Å². The number of halogens is 4. The van der Waals surface area contributed by atoms with Gasteiger partial charge < -0.3 is 9.88 Å². The van der Waals surface area contributed by atoms with Crippen molar-refractivity contribution in [2.24, 2.45) is 13.0 Å². The maximum Gasteiger partial charge on any atom is 0.194 e. The molecule has 0 amide bonds. The third-order valence-corrected chi connectivity index (χ3v) is 6.72. The number of hydrogen-bond acceptors (Lipinski definition) is 7. The second-order valence-corrected chi connectivity index (χ2v) is 9.52. The molecule has 212 valence electrons. The van der Waals surface area contributed by atoms with Crippen molar-refractivity contribution in [3.63, 3.8) is 0 Å². The smallest absolute Gasteiger partial charge is 0.194 e. The lowest BCUT2D eigenvalue weighted by atomic mass is 9.96. The number of aromatic nitrogens is 1. The molecule has 1 aliphatic rings. The van der Waals surface area contributed by atoms with Crippen LogP contribution < -0.4 is 15.5 Å². The molecule has 1 fully saturated rings. The van der Waals surface area contributed by atoms with Crippen LogP contribution in [0.5, 0.6) is 0 Å². The number of piperidine rings is 1. The molecule has 0 aliphatic carbocycles. The van der Waals surface area contributed by atoms with E-state index in [1.807, 2.05) is 0 Å². The van der Waals surface area contributed by atoms with Crippen LogP contribution in [-0.4, -0.2) is 65.4 Å². The van der Waals surface area contributed by atoms with Crippen molar-refractivity contribution in [1.82, 2.24) is 19.7 Å². The first-order chi connectivity index (χ1) is 18.0. The summed E-state index contributed by atoms with van der Waals surface area (Å²) in [5.74, 6) is -4.23. The summed E-state index contributed by atoms with van der Waals surface area (Å²) in [5.41, 5.74) is 3.49. The van der Waals surface area contributed by atoms with Crippen molar-refractivity contribution in [3.8, 4) is 0 Å². The van der Waals surface area contributed by atoms with Crippen molar-refractivity contribution in [1.29, 1.82) is 0 Å². The fourth-order valence-corrected chi connectivity index (χ4v) is 4.76. The average molecular weight is 564 g/mol. The number of nitrogens with one attached hydrogen (secondary N) is 3. The number of nitrogens with zero attached hydrogens (tertiary/aromatic N) is 2. The molecule has 1 aromatic heterocycles. The topological polar surface area (TPSA) is 113 Å². The molecule has 1 aromatic carbocycles. The zero-order valence-corrected chi connectivity index (χ0v) is 22.4. The van der Waals surface area contributed by atoms with Gasteiger partial charge in [0.15, 0.2) is 42.1 Å². The fourth-order valence-electron chi connectivity index (χ4n) is 3.48. The number of anilines is 1. The van der Waals surface area contributed by atoms with Crippen molar-refractivity contribution in [3.05, 3.63) is 47.3 Å². The summed E-state index contributed by atoms with van der Waals surface area (Å²) in [6.45, 7) is 6.87. The van der Waals surface area contributed by atoms with E-state index < -0.39 is 34.3 Å². The van der Waals surface area contributed by atoms with Gasteiger partial charge in [0, 0.05) is 63.8 Å². The Kier molecular flexibility index (Phi) is 14.6. The highest BCUT2D eigenvalue weighted by molar-refractivity contribution is 7.83. The lowest BCUT2D eigenvalue weighted by Crippen LogP contribution is -2.53. The minimum absolute atomic E-state index is 0.0355. The maximum atomic E-state index is 14.1. The Morgan fingerprint density at radius 1 is 1.08 bits per heavy atom. The summed E-state index contributed by atoms with van der Waals surface area (Å²) < 4.78 is 67.9. The Bertz CT molecular complexity index is 1070. The molecule has 0 radical (unpaired) electrons. The summed E-state index contributed by atoms with van der Waals surface area (Å²) in [6, 6.07) is 1.83. The highest BCUT2D eigenvalue weighted by Gasteiger charge is 2.28. The molecule has 2 heterocycles. The first-order valence-corrected chi connectivity index (χ1v) is 12.9. The molecule has 9 nitrogen and oxygen atoms in total. The highest BCUT2D eigenvalue weighted by atomic mass is 32.2. The van der Waals surface area contributed by atoms with Crippen LogP contribution in [0, 0.1) is 29.2 Å². The second kappa shape index (κ2) is 16.8. The van der Waals surface area contributed by atoms with Crippen LogP contribution in [0.1, 0.15) is 37.2 Å². The minimum Gasteiger partial charge on any atom is -0.388 e. The fraction of sp³-hybridized carbons (Fsp3) is 0.458. The van der Waals surface area contributed by atoms with Gasteiger partial charge in [0.25, 0.3) is 0 Å². The molecule has 3 atom stereocenters. The van der Waals surface area contributed by atoms with E-state index in [-0.39, 0.29) is 40.8 Å². The zero-order valence-electron chi connectivity index (χ0n) is 21.6. The number of carbonyl (C=O) groups excluding carboxylic acids is 3. The predicted octanol–water partition coefficient (Wildman–Crippen LogP) is 2.74. The van der Waals surface area contributed by atoms with Crippen LogP contribution in [0.15, 0.2) is 23.2 Å². The Morgan fingerprint density at radius 3 is 2.13 bits per heavy atom. The average Bonchev–Trinajstić information content (AvgIpc) is 3.20. The summed E-state index contributed by atoms with van der Waals surface area (Å²) in [6.07, 6.45) is 4.14. The van der Waals surface area contributed by atoms with Crippen LogP contribution in [0.3, 0.4) is 0 Å². The van der Waals surface area contributed by atoms with E-state index >= 15 is 0 Å². The van der Waals surface area contributed by atoms with E-state index in [1.165, 1.54) is 17.8 Å². The molecule has 1 aliphatic heterocycles. The van der Waals surface area contributed by atoms with E-state index in [4.69, 9.17) is 9.59 Å². The number of aldehydes is 3. The summed E-state index contributed by atoms with van der Waals surface area (Å²) in [5, 5.41) is 4.67. The maximum absolute atomic E-state index is 14.1. The number of hydrogen-bond donors (Lipinski definition) is 3. The van der Waals surface area contributed by atoms with Gasteiger partial charge in [-0.2, -0.15) is 0 Å². The van der Waals surface area contributed by atoms with Crippen molar-refractivity contribution in [2.45, 2.75) is 37.6 Å². The molecule has 3 rings (SSSR count). The number of benzene rings is 1.